The minimum absolute atomic E-state index is 0.206. The lowest BCUT2D eigenvalue weighted by atomic mass is 9.92. The summed E-state index contributed by atoms with van der Waals surface area (Å²) in [5.74, 6) is -1.11. The fourth-order valence-electron chi connectivity index (χ4n) is 2.87. The number of amides is 1. The summed E-state index contributed by atoms with van der Waals surface area (Å²) in [6.07, 6.45) is 1.68. The number of halogens is 1. The first-order chi connectivity index (χ1) is 9.44. The Morgan fingerprint density at radius 2 is 2.15 bits per heavy atom. The summed E-state index contributed by atoms with van der Waals surface area (Å²) in [4.78, 5) is 25.9. The van der Waals surface area contributed by atoms with Crippen molar-refractivity contribution >= 4 is 27.8 Å². The summed E-state index contributed by atoms with van der Waals surface area (Å²) >= 11 is 3.43. The second-order valence-corrected chi connectivity index (χ2v) is 5.98. The second-order valence-electron chi connectivity index (χ2n) is 5.19. The average molecular weight is 340 g/mol. The Morgan fingerprint density at radius 1 is 1.45 bits per heavy atom. The number of benzene rings is 1. The van der Waals surface area contributed by atoms with Crippen molar-refractivity contribution in [2.45, 2.75) is 38.6 Å². The van der Waals surface area contributed by atoms with E-state index in [-0.39, 0.29) is 5.91 Å². The van der Waals surface area contributed by atoms with E-state index in [0.29, 0.717) is 24.9 Å². The fraction of sp³-hybridized carbons (Fsp3) is 0.467. The van der Waals surface area contributed by atoms with Crippen molar-refractivity contribution in [3.8, 4) is 0 Å². The summed E-state index contributed by atoms with van der Waals surface area (Å²) in [5.41, 5.74) is 0.443. The molecule has 0 aromatic heterocycles. The van der Waals surface area contributed by atoms with E-state index in [0.717, 1.165) is 16.5 Å². The number of aliphatic carboxylic acids is 1. The maximum absolute atomic E-state index is 12.7. The smallest absolute Gasteiger partial charge is 0.329 e. The van der Waals surface area contributed by atoms with Crippen LogP contribution in [0.25, 0.3) is 0 Å². The van der Waals surface area contributed by atoms with Gasteiger partial charge in [-0.05, 0) is 53.7 Å². The molecule has 1 atom stereocenters. The number of rotatable bonds is 3. The molecule has 1 saturated heterocycles. The molecule has 2 rings (SSSR count). The first-order valence-corrected chi connectivity index (χ1v) is 7.54. The molecular formula is C15H18BrNO3. The van der Waals surface area contributed by atoms with Gasteiger partial charge in [-0.3, -0.25) is 4.79 Å². The Morgan fingerprint density at radius 3 is 2.75 bits per heavy atom. The van der Waals surface area contributed by atoms with Crippen molar-refractivity contribution < 1.29 is 14.7 Å². The Balaban J connectivity index is 2.42. The van der Waals surface area contributed by atoms with Crippen LogP contribution in [-0.2, 0) is 4.79 Å². The van der Waals surface area contributed by atoms with Crippen LogP contribution in [-0.4, -0.2) is 34.0 Å². The van der Waals surface area contributed by atoms with E-state index in [1.54, 1.807) is 6.07 Å². The lowest BCUT2D eigenvalue weighted by molar-refractivity contribution is -0.148. The van der Waals surface area contributed by atoms with Crippen LogP contribution in [0.1, 0.15) is 42.1 Å². The van der Waals surface area contributed by atoms with Crippen LogP contribution in [0.2, 0.25) is 0 Å². The monoisotopic (exact) mass is 339 g/mol. The zero-order valence-electron chi connectivity index (χ0n) is 11.6. The highest BCUT2D eigenvalue weighted by Crippen LogP contribution is 2.35. The van der Waals surface area contributed by atoms with E-state index in [1.165, 1.54) is 4.90 Å². The number of hydrogen-bond donors (Lipinski definition) is 1. The molecule has 20 heavy (non-hydrogen) atoms. The standard InChI is InChI=1S/C15H18BrNO3/c1-3-15(14(19)20)8-5-9-17(15)13(18)11-7-4-6-10(2)12(11)16/h4,6-7H,3,5,8-9H2,1-2H3,(H,19,20). The lowest BCUT2D eigenvalue weighted by Gasteiger charge is -2.34. The van der Waals surface area contributed by atoms with E-state index in [1.807, 2.05) is 26.0 Å². The number of hydrogen-bond acceptors (Lipinski definition) is 2. The average Bonchev–Trinajstić information content (AvgIpc) is 2.86. The number of carboxylic acids is 1. The van der Waals surface area contributed by atoms with Crippen LogP contribution in [0.5, 0.6) is 0 Å². The van der Waals surface area contributed by atoms with Crippen LogP contribution < -0.4 is 0 Å². The van der Waals surface area contributed by atoms with E-state index in [4.69, 9.17) is 0 Å². The molecule has 5 heteroatoms. The molecular weight excluding hydrogens is 322 g/mol. The normalized spacial score (nSPS) is 22.1. The zero-order valence-corrected chi connectivity index (χ0v) is 13.2. The SMILES string of the molecule is CCC1(C(=O)O)CCCN1C(=O)c1cccc(C)c1Br. The summed E-state index contributed by atoms with van der Waals surface area (Å²) < 4.78 is 0.743. The minimum atomic E-state index is -1.06. The van der Waals surface area contributed by atoms with E-state index in [2.05, 4.69) is 15.9 Å². The molecule has 4 nitrogen and oxygen atoms in total. The van der Waals surface area contributed by atoms with Crippen molar-refractivity contribution in [2.75, 3.05) is 6.54 Å². The first-order valence-electron chi connectivity index (χ1n) is 6.74. The zero-order chi connectivity index (χ0) is 14.9. The maximum atomic E-state index is 12.7. The van der Waals surface area contributed by atoms with Gasteiger partial charge in [-0.2, -0.15) is 0 Å². The van der Waals surface area contributed by atoms with Crippen LogP contribution in [0.15, 0.2) is 22.7 Å². The van der Waals surface area contributed by atoms with Gasteiger partial charge in [0.1, 0.15) is 5.54 Å². The molecule has 1 amide bonds. The molecule has 1 unspecified atom stereocenters. The van der Waals surface area contributed by atoms with Gasteiger partial charge in [-0.1, -0.05) is 19.1 Å². The topological polar surface area (TPSA) is 57.6 Å². The van der Waals surface area contributed by atoms with E-state index < -0.39 is 11.5 Å². The number of nitrogens with zero attached hydrogens (tertiary/aromatic N) is 1. The third kappa shape index (κ3) is 2.24. The largest absolute Gasteiger partial charge is 0.479 e. The van der Waals surface area contributed by atoms with Crippen LogP contribution in [0.4, 0.5) is 0 Å². The highest BCUT2D eigenvalue weighted by Gasteiger charge is 2.48. The van der Waals surface area contributed by atoms with Crippen molar-refractivity contribution in [3.63, 3.8) is 0 Å². The number of likely N-dealkylation sites (tertiary alicyclic amines) is 1. The predicted molar refractivity (Wildman–Crippen MR) is 79.8 cm³/mol. The van der Waals surface area contributed by atoms with E-state index in [9.17, 15) is 14.7 Å². The Labute approximate surface area is 126 Å². The minimum Gasteiger partial charge on any atom is -0.479 e. The van der Waals surface area contributed by atoms with Crippen LogP contribution in [0.3, 0.4) is 0 Å². The predicted octanol–water partition coefficient (Wildman–Crippen LogP) is 3.23. The molecule has 1 aromatic rings. The maximum Gasteiger partial charge on any atom is 0.329 e. The van der Waals surface area contributed by atoms with Gasteiger partial charge in [0.15, 0.2) is 0 Å². The third-order valence-electron chi connectivity index (χ3n) is 4.14. The van der Waals surface area contributed by atoms with Crippen LogP contribution >= 0.6 is 15.9 Å². The molecule has 0 radical (unpaired) electrons. The van der Waals surface area contributed by atoms with Gasteiger partial charge in [0.2, 0.25) is 0 Å². The molecule has 1 heterocycles. The second kappa shape index (κ2) is 5.56. The molecule has 1 fully saturated rings. The molecule has 0 saturated carbocycles. The number of aryl methyl sites for hydroxylation is 1. The van der Waals surface area contributed by atoms with E-state index >= 15 is 0 Å². The summed E-state index contributed by atoms with van der Waals surface area (Å²) in [6, 6.07) is 5.47. The Bertz CT molecular complexity index is 558. The van der Waals surface area contributed by atoms with Crippen molar-refractivity contribution in [2.24, 2.45) is 0 Å². The van der Waals surface area contributed by atoms with Crippen LogP contribution in [0, 0.1) is 6.92 Å². The van der Waals surface area contributed by atoms with Gasteiger partial charge in [0.25, 0.3) is 5.91 Å². The van der Waals surface area contributed by atoms with Crippen molar-refractivity contribution in [3.05, 3.63) is 33.8 Å². The summed E-state index contributed by atoms with van der Waals surface area (Å²) in [5, 5.41) is 9.55. The molecule has 0 aliphatic carbocycles. The number of carbonyl (C=O) groups is 2. The Hall–Kier alpha value is -1.36. The van der Waals surface area contributed by atoms with Gasteiger partial charge in [-0.25, -0.2) is 4.79 Å². The molecule has 0 bridgehead atoms. The lowest BCUT2D eigenvalue weighted by Crippen LogP contribution is -2.52. The molecule has 1 N–H and O–H groups in total. The number of carboxylic acid groups (broad SMARTS) is 1. The Kier molecular flexibility index (Phi) is 4.18. The molecule has 1 aromatic carbocycles. The fourth-order valence-corrected chi connectivity index (χ4v) is 3.31. The number of carbonyl (C=O) groups excluding carboxylic acids is 1. The quantitative estimate of drug-likeness (QED) is 0.919. The summed E-state index contributed by atoms with van der Waals surface area (Å²) in [6.45, 7) is 4.24. The van der Waals surface area contributed by atoms with Crippen molar-refractivity contribution in [1.82, 2.24) is 4.90 Å². The molecule has 0 spiro atoms. The molecule has 1 aliphatic rings. The molecule has 1 aliphatic heterocycles. The first kappa shape index (κ1) is 15.0. The summed E-state index contributed by atoms with van der Waals surface area (Å²) in [7, 11) is 0. The van der Waals surface area contributed by atoms with Crippen molar-refractivity contribution in [1.29, 1.82) is 0 Å². The van der Waals surface area contributed by atoms with Gasteiger partial charge in [0, 0.05) is 11.0 Å². The van der Waals surface area contributed by atoms with Gasteiger partial charge < -0.3 is 10.0 Å². The molecule has 108 valence electrons. The highest BCUT2D eigenvalue weighted by atomic mass is 79.9. The third-order valence-corrected chi connectivity index (χ3v) is 5.19. The van der Waals surface area contributed by atoms with Gasteiger partial charge in [0.05, 0.1) is 5.56 Å². The van der Waals surface area contributed by atoms with Gasteiger partial charge >= 0.3 is 5.97 Å². The highest BCUT2D eigenvalue weighted by molar-refractivity contribution is 9.10. The van der Waals surface area contributed by atoms with Gasteiger partial charge in [-0.15, -0.1) is 0 Å².